The molecular weight excluding hydrogens is 254 g/mol. The van der Waals surface area contributed by atoms with E-state index in [1.165, 1.54) is 36.2 Å². The molecule has 0 bridgehead atoms. The molecular formula is C20H27N. The van der Waals surface area contributed by atoms with Crippen molar-refractivity contribution in [1.82, 2.24) is 0 Å². The summed E-state index contributed by atoms with van der Waals surface area (Å²) in [5.41, 5.74) is 4.25. The van der Waals surface area contributed by atoms with Crippen LogP contribution in [-0.2, 0) is 5.41 Å². The van der Waals surface area contributed by atoms with Crippen molar-refractivity contribution < 1.29 is 0 Å². The summed E-state index contributed by atoms with van der Waals surface area (Å²) in [6, 6.07) is 8.80. The van der Waals surface area contributed by atoms with Gasteiger partial charge in [0.25, 0.3) is 0 Å². The zero-order valence-corrected chi connectivity index (χ0v) is 13.6. The molecule has 1 heteroatoms. The second-order valence-corrected chi connectivity index (χ2v) is 6.17. The lowest BCUT2D eigenvalue weighted by Gasteiger charge is -2.27. The van der Waals surface area contributed by atoms with E-state index >= 15 is 0 Å². The quantitative estimate of drug-likeness (QED) is 0.484. The smallest absolute Gasteiger partial charge is 0.0450 e. The molecule has 0 saturated heterocycles. The normalized spacial score (nSPS) is 18.4. The fourth-order valence-corrected chi connectivity index (χ4v) is 3.13. The van der Waals surface area contributed by atoms with Crippen molar-refractivity contribution >= 4 is 5.69 Å². The Morgan fingerprint density at radius 3 is 2.62 bits per heavy atom. The molecule has 1 aliphatic rings. The molecule has 0 amide bonds. The predicted molar refractivity (Wildman–Crippen MR) is 93.8 cm³/mol. The van der Waals surface area contributed by atoms with Gasteiger partial charge in [-0.3, -0.25) is 0 Å². The number of unbranched alkanes of at least 4 members (excludes halogenated alkanes) is 2. The lowest BCUT2D eigenvalue weighted by Crippen LogP contribution is -2.27. The second kappa shape index (κ2) is 6.80. The number of nitrogens with zero attached hydrogens (tertiary/aromatic N) is 1. The SMILES string of the molecule is C=CC=CC=C1N(CCCCC)c2ccccc2C1(C)C. The highest BCUT2D eigenvalue weighted by Crippen LogP contribution is 2.47. The van der Waals surface area contributed by atoms with Crippen LogP contribution in [0.1, 0.15) is 45.6 Å². The Balaban J connectivity index is 2.38. The second-order valence-electron chi connectivity index (χ2n) is 6.17. The minimum Gasteiger partial charge on any atom is -0.344 e. The Labute approximate surface area is 129 Å². The van der Waals surface area contributed by atoms with Crippen molar-refractivity contribution in [3.8, 4) is 0 Å². The number of allylic oxidation sites excluding steroid dienone is 5. The number of fused-ring (bicyclic) bond motifs is 1. The van der Waals surface area contributed by atoms with Gasteiger partial charge in [-0.15, -0.1) is 0 Å². The van der Waals surface area contributed by atoms with Crippen LogP contribution in [0.5, 0.6) is 0 Å². The number of benzene rings is 1. The van der Waals surface area contributed by atoms with E-state index in [0.29, 0.717) is 0 Å². The molecule has 1 aromatic rings. The standard InChI is InChI=1S/C20H27N/c1-5-7-9-15-19-20(3,4)17-13-10-11-14-18(17)21(19)16-12-8-6-2/h5,7,9-11,13-15H,1,6,8,12,16H2,2-4H3. The van der Waals surface area contributed by atoms with Crippen LogP contribution in [0.25, 0.3) is 0 Å². The zero-order valence-electron chi connectivity index (χ0n) is 13.6. The van der Waals surface area contributed by atoms with E-state index in [9.17, 15) is 0 Å². The third-order valence-corrected chi connectivity index (χ3v) is 4.29. The Hall–Kier alpha value is -1.76. The van der Waals surface area contributed by atoms with Crippen LogP contribution in [0.2, 0.25) is 0 Å². The third-order valence-electron chi connectivity index (χ3n) is 4.29. The molecule has 1 heterocycles. The fraction of sp³-hybridized carbons (Fsp3) is 0.400. The number of hydrogen-bond donors (Lipinski definition) is 0. The maximum Gasteiger partial charge on any atom is 0.0450 e. The molecule has 2 rings (SSSR count). The van der Waals surface area contributed by atoms with Crippen LogP contribution in [0, 0.1) is 0 Å². The van der Waals surface area contributed by atoms with Gasteiger partial charge in [0, 0.05) is 23.3 Å². The predicted octanol–water partition coefficient (Wildman–Crippen LogP) is 5.60. The maximum atomic E-state index is 3.75. The van der Waals surface area contributed by atoms with Crippen molar-refractivity contribution in [1.29, 1.82) is 0 Å². The number of para-hydroxylation sites is 1. The molecule has 0 N–H and O–H groups in total. The molecule has 0 saturated carbocycles. The van der Waals surface area contributed by atoms with Crippen molar-refractivity contribution in [3.63, 3.8) is 0 Å². The van der Waals surface area contributed by atoms with Gasteiger partial charge >= 0.3 is 0 Å². The minimum absolute atomic E-state index is 0.0638. The summed E-state index contributed by atoms with van der Waals surface area (Å²) in [6.07, 6.45) is 12.0. The Kier molecular flexibility index (Phi) is 5.06. The van der Waals surface area contributed by atoms with Gasteiger partial charge in [0.15, 0.2) is 0 Å². The Bertz CT molecular complexity index is 549. The monoisotopic (exact) mass is 281 g/mol. The van der Waals surface area contributed by atoms with Crippen molar-refractivity contribution in [2.45, 2.75) is 45.4 Å². The van der Waals surface area contributed by atoms with E-state index in [0.717, 1.165) is 6.54 Å². The molecule has 1 nitrogen and oxygen atoms in total. The van der Waals surface area contributed by atoms with Crippen LogP contribution in [0.15, 0.2) is 60.8 Å². The Morgan fingerprint density at radius 1 is 1.14 bits per heavy atom. The van der Waals surface area contributed by atoms with Gasteiger partial charge in [0.1, 0.15) is 0 Å². The third kappa shape index (κ3) is 3.12. The van der Waals surface area contributed by atoms with Gasteiger partial charge in [-0.2, -0.15) is 0 Å². The van der Waals surface area contributed by atoms with Crippen LogP contribution in [-0.4, -0.2) is 6.54 Å². The fourth-order valence-electron chi connectivity index (χ4n) is 3.13. The lowest BCUT2D eigenvalue weighted by molar-refractivity contribution is 0.619. The molecule has 0 atom stereocenters. The summed E-state index contributed by atoms with van der Waals surface area (Å²) >= 11 is 0. The first kappa shape index (κ1) is 15.6. The molecule has 21 heavy (non-hydrogen) atoms. The molecule has 1 aliphatic heterocycles. The van der Waals surface area contributed by atoms with Crippen molar-refractivity contribution in [2.75, 3.05) is 11.4 Å². The molecule has 0 unspecified atom stereocenters. The highest BCUT2D eigenvalue weighted by molar-refractivity contribution is 5.70. The molecule has 112 valence electrons. The van der Waals surface area contributed by atoms with Gasteiger partial charge in [-0.05, 0) is 24.1 Å². The molecule has 0 fully saturated rings. The van der Waals surface area contributed by atoms with E-state index in [-0.39, 0.29) is 5.41 Å². The van der Waals surface area contributed by atoms with Crippen LogP contribution in [0.4, 0.5) is 5.69 Å². The minimum atomic E-state index is 0.0638. The van der Waals surface area contributed by atoms with Gasteiger partial charge in [-0.25, -0.2) is 0 Å². The maximum absolute atomic E-state index is 3.75. The molecule has 0 spiro atoms. The largest absolute Gasteiger partial charge is 0.344 e. The average molecular weight is 281 g/mol. The molecule has 1 aromatic carbocycles. The highest BCUT2D eigenvalue weighted by atomic mass is 15.2. The summed E-state index contributed by atoms with van der Waals surface area (Å²) in [7, 11) is 0. The van der Waals surface area contributed by atoms with Crippen molar-refractivity contribution in [3.05, 3.63) is 66.4 Å². The summed E-state index contributed by atoms with van der Waals surface area (Å²) in [5.74, 6) is 0. The van der Waals surface area contributed by atoms with E-state index in [4.69, 9.17) is 0 Å². The van der Waals surface area contributed by atoms with E-state index in [1.54, 1.807) is 0 Å². The first-order chi connectivity index (χ1) is 10.1. The lowest BCUT2D eigenvalue weighted by atomic mass is 9.84. The summed E-state index contributed by atoms with van der Waals surface area (Å²) in [5, 5.41) is 0. The van der Waals surface area contributed by atoms with Gasteiger partial charge in [0.05, 0.1) is 0 Å². The summed E-state index contributed by atoms with van der Waals surface area (Å²) < 4.78 is 0. The topological polar surface area (TPSA) is 3.24 Å². The van der Waals surface area contributed by atoms with E-state index in [1.807, 2.05) is 12.2 Å². The van der Waals surface area contributed by atoms with Gasteiger partial charge < -0.3 is 4.90 Å². The number of hydrogen-bond acceptors (Lipinski definition) is 1. The van der Waals surface area contributed by atoms with Gasteiger partial charge in [0.2, 0.25) is 0 Å². The van der Waals surface area contributed by atoms with Crippen LogP contribution >= 0.6 is 0 Å². The highest BCUT2D eigenvalue weighted by Gasteiger charge is 2.39. The van der Waals surface area contributed by atoms with Crippen molar-refractivity contribution in [2.24, 2.45) is 0 Å². The molecule has 0 aromatic heterocycles. The molecule has 0 aliphatic carbocycles. The number of rotatable bonds is 6. The molecule has 0 radical (unpaired) electrons. The summed E-state index contributed by atoms with van der Waals surface area (Å²) in [4.78, 5) is 2.50. The Morgan fingerprint density at radius 2 is 1.90 bits per heavy atom. The van der Waals surface area contributed by atoms with Gasteiger partial charge in [-0.1, -0.05) is 76.6 Å². The zero-order chi connectivity index (χ0) is 15.3. The van der Waals surface area contributed by atoms with Crippen LogP contribution in [0.3, 0.4) is 0 Å². The van der Waals surface area contributed by atoms with Crippen LogP contribution < -0.4 is 4.90 Å². The number of anilines is 1. The average Bonchev–Trinajstić information content (AvgIpc) is 2.69. The summed E-state index contributed by atoms with van der Waals surface area (Å²) in [6.45, 7) is 11.7. The first-order valence-electron chi connectivity index (χ1n) is 7.99. The van der Waals surface area contributed by atoms with E-state index < -0.39 is 0 Å². The first-order valence-corrected chi connectivity index (χ1v) is 7.99. The van der Waals surface area contributed by atoms with E-state index in [2.05, 4.69) is 68.7 Å².